The second-order valence-corrected chi connectivity index (χ2v) is 9.05. The Labute approximate surface area is 192 Å². The van der Waals surface area contributed by atoms with Crippen molar-refractivity contribution in [2.24, 2.45) is 0 Å². The van der Waals surface area contributed by atoms with Crippen LogP contribution in [0.1, 0.15) is 60.7 Å². The molecular weight excluding hydrogens is 414 g/mol. The summed E-state index contributed by atoms with van der Waals surface area (Å²) < 4.78 is 2.00. The first-order chi connectivity index (χ1) is 16.2. The first-order valence-corrected chi connectivity index (χ1v) is 11.7. The molecule has 3 heterocycles. The van der Waals surface area contributed by atoms with E-state index in [-0.39, 0.29) is 5.56 Å². The van der Waals surface area contributed by atoms with Crippen molar-refractivity contribution in [3.05, 3.63) is 81.7 Å². The zero-order valence-corrected chi connectivity index (χ0v) is 18.9. The fourth-order valence-electron chi connectivity index (χ4n) is 4.77. The van der Waals surface area contributed by atoms with Crippen LogP contribution in [0.3, 0.4) is 0 Å². The number of benzene rings is 1. The fourth-order valence-corrected chi connectivity index (χ4v) is 4.77. The molecule has 0 radical (unpaired) electrons. The highest BCUT2D eigenvalue weighted by Gasteiger charge is 2.22. The molecule has 3 aromatic heterocycles. The van der Waals surface area contributed by atoms with Gasteiger partial charge < -0.3 is 4.98 Å². The number of H-pyrrole nitrogens is 1. The van der Waals surface area contributed by atoms with E-state index in [1.807, 2.05) is 35.1 Å². The summed E-state index contributed by atoms with van der Waals surface area (Å²) in [7, 11) is 0. The van der Waals surface area contributed by atoms with E-state index in [0.717, 1.165) is 40.7 Å². The van der Waals surface area contributed by atoms with Crippen molar-refractivity contribution in [2.75, 3.05) is 0 Å². The number of hydrogen-bond donors (Lipinski definition) is 1. The molecular formula is C25H29N7O. The summed E-state index contributed by atoms with van der Waals surface area (Å²) in [5.41, 5.74) is 3.78. The Kier molecular flexibility index (Phi) is 6.26. The number of aryl methyl sites for hydroxylation is 1. The predicted molar refractivity (Wildman–Crippen MR) is 126 cm³/mol. The standard InChI is InChI=1S/C25H29N7O/c1-18-9-10-23-20(12-18)13-21(25(33)27-23)16-31(15-19-6-5-11-26-14-19)17-24-28-29-30-32(24)22-7-3-2-4-8-22/h5-6,9-14,22H,2-4,7-8,15-17H2,1H3,(H,27,33). The second kappa shape index (κ2) is 9.62. The molecule has 1 aromatic carbocycles. The van der Waals surface area contributed by atoms with E-state index >= 15 is 0 Å². The van der Waals surface area contributed by atoms with Crippen molar-refractivity contribution < 1.29 is 0 Å². The van der Waals surface area contributed by atoms with E-state index < -0.39 is 0 Å². The number of fused-ring (bicyclic) bond motifs is 1. The van der Waals surface area contributed by atoms with Crippen LogP contribution in [0.4, 0.5) is 0 Å². The van der Waals surface area contributed by atoms with Crippen molar-refractivity contribution in [2.45, 2.75) is 64.7 Å². The van der Waals surface area contributed by atoms with Gasteiger partial charge in [-0.3, -0.25) is 14.7 Å². The highest BCUT2D eigenvalue weighted by Crippen LogP contribution is 2.28. The van der Waals surface area contributed by atoms with Gasteiger partial charge in [-0.25, -0.2) is 4.68 Å². The Morgan fingerprint density at radius 1 is 1.09 bits per heavy atom. The van der Waals surface area contributed by atoms with Crippen LogP contribution in [0, 0.1) is 6.92 Å². The molecule has 33 heavy (non-hydrogen) atoms. The van der Waals surface area contributed by atoms with E-state index in [0.29, 0.717) is 25.7 Å². The summed E-state index contributed by atoms with van der Waals surface area (Å²) in [6.45, 7) is 3.76. The number of aromatic nitrogens is 6. The van der Waals surface area contributed by atoms with Gasteiger partial charge in [0.05, 0.1) is 12.6 Å². The summed E-state index contributed by atoms with van der Waals surface area (Å²) in [5.74, 6) is 0.846. The Bertz CT molecular complexity index is 1270. The quantitative estimate of drug-likeness (QED) is 0.465. The minimum absolute atomic E-state index is 0.0607. The van der Waals surface area contributed by atoms with E-state index in [9.17, 15) is 4.79 Å². The molecule has 0 aliphatic heterocycles. The molecule has 4 aromatic rings. The monoisotopic (exact) mass is 443 g/mol. The van der Waals surface area contributed by atoms with Crippen LogP contribution in [0.25, 0.3) is 10.9 Å². The zero-order chi connectivity index (χ0) is 22.6. The van der Waals surface area contributed by atoms with Gasteiger partial charge in [0, 0.05) is 36.6 Å². The lowest BCUT2D eigenvalue weighted by Crippen LogP contribution is -2.29. The molecule has 0 spiro atoms. The first-order valence-electron chi connectivity index (χ1n) is 11.7. The summed E-state index contributed by atoms with van der Waals surface area (Å²) in [4.78, 5) is 22.4. The van der Waals surface area contributed by atoms with Crippen molar-refractivity contribution in [3.8, 4) is 0 Å². The lowest BCUT2D eigenvalue weighted by molar-refractivity contribution is 0.225. The third-order valence-electron chi connectivity index (χ3n) is 6.45. The third kappa shape index (κ3) is 5.01. The van der Waals surface area contributed by atoms with Crippen molar-refractivity contribution in [1.29, 1.82) is 0 Å². The largest absolute Gasteiger partial charge is 0.322 e. The molecule has 0 amide bonds. The van der Waals surface area contributed by atoms with Crippen LogP contribution in [0.2, 0.25) is 0 Å². The first kappa shape index (κ1) is 21.5. The molecule has 1 aliphatic carbocycles. The van der Waals surface area contributed by atoms with E-state index in [1.54, 1.807) is 6.20 Å². The Morgan fingerprint density at radius 2 is 1.97 bits per heavy atom. The van der Waals surface area contributed by atoms with Gasteiger partial charge in [-0.2, -0.15) is 0 Å². The van der Waals surface area contributed by atoms with Crippen LogP contribution in [0.5, 0.6) is 0 Å². The van der Waals surface area contributed by atoms with Crippen LogP contribution < -0.4 is 5.56 Å². The number of aromatic amines is 1. The van der Waals surface area contributed by atoms with Crippen LogP contribution in [-0.2, 0) is 19.6 Å². The molecule has 8 nitrogen and oxygen atoms in total. The summed E-state index contributed by atoms with van der Waals surface area (Å²) in [6.07, 6.45) is 9.59. The molecule has 5 rings (SSSR count). The second-order valence-electron chi connectivity index (χ2n) is 9.05. The molecule has 0 atom stereocenters. The van der Waals surface area contributed by atoms with Crippen LogP contribution >= 0.6 is 0 Å². The highest BCUT2D eigenvalue weighted by atomic mass is 16.1. The average molecular weight is 444 g/mol. The number of nitrogens with one attached hydrogen (secondary N) is 1. The van der Waals surface area contributed by atoms with Gasteiger partial charge in [0.1, 0.15) is 0 Å². The minimum Gasteiger partial charge on any atom is -0.322 e. The molecule has 0 unspecified atom stereocenters. The summed E-state index contributed by atoms with van der Waals surface area (Å²) in [5, 5.41) is 13.7. The Hall–Kier alpha value is -3.39. The maximum absolute atomic E-state index is 12.9. The smallest absolute Gasteiger partial charge is 0.252 e. The number of rotatable bonds is 7. The van der Waals surface area contributed by atoms with E-state index in [1.165, 1.54) is 24.8 Å². The number of nitrogens with zero attached hydrogens (tertiary/aromatic N) is 6. The lowest BCUT2D eigenvalue weighted by atomic mass is 9.95. The van der Waals surface area contributed by atoms with Crippen LogP contribution in [-0.4, -0.2) is 35.1 Å². The molecule has 170 valence electrons. The van der Waals surface area contributed by atoms with Gasteiger partial charge >= 0.3 is 0 Å². The predicted octanol–water partition coefficient (Wildman–Crippen LogP) is 3.93. The molecule has 1 aliphatic rings. The normalized spacial score (nSPS) is 14.8. The molecule has 1 fully saturated rings. The number of hydrogen-bond acceptors (Lipinski definition) is 6. The van der Waals surface area contributed by atoms with Gasteiger partial charge in [0.25, 0.3) is 5.56 Å². The maximum Gasteiger partial charge on any atom is 0.252 e. The molecule has 0 saturated heterocycles. The topological polar surface area (TPSA) is 92.6 Å². The minimum atomic E-state index is -0.0607. The molecule has 1 saturated carbocycles. The van der Waals surface area contributed by atoms with Gasteiger partial charge in [0.2, 0.25) is 0 Å². The van der Waals surface area contributed by atoms with Gasteiger partial charge in [0.15, 0.2) is 5.82 Å². The van der Waals surface area contributed by atoms with Crippen molar-refractivity contribution in [1.82, 2.24) is 35.1 Å². The average Bonchev–Trinajstić information content (AvgIpc) is 3.29. The Balaban J connectivity index is 1.44. The van der Waals surface area contributed by atoms with Crippen LogP contribution in [0.15, 0.2) is 53.6 Å². The third-order valence-corrected chi connectivity index (χ3v) is 6.45. The molecule has 0 bridgehead atoms. The zero-order valence-electron chi connectivity index (χ0n) is 18.9. The van der Waals surface area contributed by atoms with E-state index in [2.05, 4.69) is 49.4 Å². The van der Waals surface area contributed by atoms with Gasteiger partial charge in [-0.15, -0.1) is 5.10 Å². The SMILES string of the molecule is Cc1ccc2[nH]c(=O)c(CN(Cc3cccnc3)Cc3nnnn3C3CCCCC3)cc2c1. The van der Waals surface area contributed by atoms with Gasteiger partial charge in [-0.1, -0.05) is 37.0 Å². The summed E-state index contributed by atoms with van der Waals surface area (Å²) in [6, 6.07) is 12.4. The number of pyridine rings is 2. The maximum atomic E-state index is 12.9. The van der Waals surface area contributed by atoms with E-state index in [4.69, 9.17) is 0 Å². The van der Waals surface area contributed by atoms with Gasteiger partial charge in [-0.05, 0) is 65.4 Å². The lowest BCUT2D eigenvalue weighted by Gasteiger charge is -2.25. The summed E-state index contributed by atoms with van der Waals surface area (Å²) >= 11 is 0. The Morgan fingerprint density at radius 3 is 2.79 bits per heavy atom. The molecule has 8 heteroatoms. The fraction of sp³-hybridized carbons (Fsp3) is 0.400. The van der Waals surface area contributed by atoms with Crippen molar-refractivity contribution >= 4 is 10.9 Å². The van der Waals surface area contributed by atoms with Crippen molar-refractivity contribution in [3.63, 3.8) is 0 Å². The molecule has 1 N–H and O–H groups in total. The number of tetrazole rings is 1. The highest BCUT2D eigenvalue weighted by molar-refractivity contribution is 5.79.